The van der Waals surface area contributed by atoms with Gasteiger partial charge in [0.15, 0.2) is 0 Å². The van der Waals surface area contributed by atoms with Gasteiger partial charge in [0.25, 0.3) is 0 Å². The van der Waals surface area contributed by atoms with Crippen LogP contribution in [0.5, 0.6) is 0 Å². The highest BCUT2D eigenvalue weighted by Gasteiger charge is 2.56. The first kappa shape index (κ1) is 63.0. The van der Waals surface area contributed by atoms with Crippen molar-refractivity contribution in [2.45, 2.75) is 347 Å². The lowest BCUT2D eigenvalue weighted by Gasteiger charge is -2.62. The lowest BCUT2D eigenvalue weighted by molar-refractivity contribution is -0.127. The van der Waals surface area contributed by atoms with Gasteiger partial charge in [-0.3, -0.25) is 9.80 Å². The minimum atomic E-state index is 0.820. The Morgan fingerprint density at radius 2 is 0.393 bits per heavy atom. The van der Waals surface area contributed by atoms with Crippen molar-refractivity contribution in [3.63, 3.8) is 0 Å². The van der Waals surface area contributed by atoms with Crippen LogP contribution in [-0.2, 0) is 0 Å². The molecule has 84 heavy (non-hydrogen) atoms. The Bertz CT molecular complexity index is 1780. The van der Waals surface area contributed by atoms with Crippen LogP contribution in [-0.4, -0.2) is 46.1 Å². The highest BCUT2D eigenvalue weighted by molar-refractivity contribution is 5.10. The van der Waals surface area contributed by atoms with Crippen LogP contribution in [0.1, 0.15) is 311 Å². The van der Waals surface area contributed by atoms with Crippen LogP contribution in [0.2, 0.25) is 0 Å². The van der Waals surface area contributed by atoms with Crippen molar-refractivity contribution < 1.29 is 0 Å². The predicted molar refractivity (Wildman–Crippen MR) is 361 cm³/mol. The zero-order chi connectivity index (χ0) is 57.5. The van der Waals surface area contributed by atoms with Crippen LogP contribution in [0, 0.1) is 118 Å². The number of hydrogen-bond donors (Lipinski definition) is 0. The van der Waals surface area contributed by atoms with Crippen molar-refractivity contribution >= 4 is 0 Å². The zero-order valence-electron chi connectivity index (χ0n) is 56.2. The largest absolute Gasteiger partial charge is 0.294 e. The highest BCUT2D eigenvalue weighted by Crippen LogP contribution is 2.60. The molecule has 0 aromatic carbocycles. The monoisotopic (exact) mass is 1150 g/mol. The van der Waals surface area contributed by atoms with Gasteiger partial charge in [0.05, 0.1) is 0 Å². The summed E-state index contributed by atoms with van der Waals surface area (Å²) in [5.41, 5.74) is 0. The van der Waals surface area contributed by atoms with Gasteiger partial charge in [-0.15, -0.1) is 0 Å². The Kier molecular flexibility index (Phi) is 22.8. The van der Waals surface area contributed by atoms with Crippen LogP contribution in [0.25, 0.3) is 0 Å². The van der Waals surface area contributed by atoms with Crippen molar-refractivity contribution in [3.05, 3.63) is 48.6 Å². The fourth-order valence-corrected chi connectivity index (χ4v) is 23.7. The van der Waals surface area contributed by atoms with Crippen molar-refractivity contribution in [2.75, 3.05) is 0 Å². The molecule has 474 valence electrons. The average Bonchev–Trinajstić information content (AvgIpc) is 1.50. The second-order valence-corrected chi connectivity index (χ2v) is 34.7. The molecule has 0 aromatic heterocycles. The maximum absolute atomic E-state index is 3.47. The van der Waals surface area contributed by atoms with Crippen LogP contribution in [0.4, 0.5) is 0 Å². The lowest BCUT2D eigenvalue weighted by Crippen LogP contribution is -2.63. The van der Waals surface area contributed by atoms with E-state index in [-0.39, 0.29) is 0 Å². The Morgan fingerprint density at radius 1 is 0.202 bits per heavy atom. The number of nitrogens with zero attached hydrogens (tertiary/aromatic N) is 2. The van der Waals surface area contributed by atoms with E-state index >= 15 is 0 Å². The molecule has 10 atom stereocenters. The zero-order valence-corrected chi connectivity index (χ0v) is 56.2. The summed E-state index contributed by atoms with van der Waals surface area (Å²) in [6, 6.07) is 4.94. The molecule has 0 spiro atoms. The first-order chi connectivity index (χ1) is 41.1. The minimum absolute atomic E-state index is 0.820. The SMILES string of the molecule is CC1CCC(/C=C/C2CCC(N(C3CCC(/C=C/C4CCC(C)CC4)CC3)C3C(C)CC(C4CC(C)C(N(C5CCC(/C=C/C6CCC(C)CC6)CC5)C5CCC(/C=C/C6CCC(C)CC6)CC5)C5CCCCC45)C4CCCCC43)CC2)CC1. The summed E-state index contributed by atoms with van der Waals surface area (Å²) in [6.45, 7) is 15.7. The van der Waals surface area contributed by atoms with Crippen LogP contribution in [0.15, 0.2) is 48.6 Å². The number of allylic oxidation sites excluding steroid dienone is 8. The summed E-state index contributed by atoms with van der Waals surface area (Å²) >= 11 is 0. The smallest absolute Gasteiger partial charge is 0.0158 e. The van der Waals surface area contributed by atoms with E-state index in [0.29, 0.717) is 0 Å². The van der Waals surface area contributed by atoms with Crippen molar-refractivity contribution in [2.24, 2.45) is 118 Å². The Balaban J connectivity index is 0.759. The second kappa shape index (κ2) is 30.3. The van der Waals surface area contributed by atoms with Gasteiger partial charge >= 0.3 is 0 Å². The topological polar surface area (TPSA) is 6.48 Å². The molecule has 0 aliphatic heterocycles. The highest BCUT2D eigenvalue weighted by atomic mass is 15.2. The van der Waals surface area contributed by atoms with Crippen molar-refractivity contribution in [1.29, 1.82) is 0 Å². The maximum atomic E-state index is 3.47. The summed E-state index contributed by atoms with van der Waals surface area (Å²) in [5, 5.41) is 0. The van der Waals surface area contributed by atoms with E-state index in [1.165, 1.54) is 231 Å². The summed E-state index contributed by atoms with van der Waals surface area (Å²) < 4.78 is 0. The van der Waals surface area contributed by atoms with E-state index in [2.05, 4.69) is 100.0 Å². The molecule has 12 fully saturated rings. The van der Waals surface area contributed by atoms with Gasteiger partial charge in [-0.25, -0.2) is 0 Å². The second-order valence-electron chi connectivity index (χ2n) is 34.7. The predicted octanol–water partition coefficient (Wildman–Crippen LogP) is 23.0. The molecule has 12 rings (SSSR count). The molecule has 0 radical (unpaired) electrons. The molecule has 2 nitrogen and oxygen atoms in total. The minimum Gasteiger partial charge on any atom is -0.294 e. The molecule has 0 amide bonds. The molecular formula is C82H136N2. The molecule has 12 saturated carbocycles. The van der Waals surface area contributed by atoms with Gasteiger partial charge in [0.2, 0.25) is 0 Å². The molecule has 10 unspecified atom stereocenters. The van der Waals surface area contributed by atoms with E-state index in [9.17, 15) is 0 Å². The van der Waals surface area contributed by atoms with Gasteiger partial charge < -0.3 is 0 Å². The van der Waals surface area contributed by atoms with Crippen molar-refractivity contribution in [1.82, 2.24) is 9.80 Å². The quantitative estimate of drug-likeness (QED) is 0.151. The molecule has 0 aromatic rings. The third-order valence-electron chi connectivity index (χ3n) is 28.9. The van der Waals surface area contributed by atoms with E-state index in [4.69, 9.17) is 0 Å². The standard InChI is InChI=1S/C82H136N2/c1-57-15-23-63(24-16-57)31-35-67-39-47-71(48-40-67)83(72-49-41-68(42-50-72)36-32-64-25-17-58(2)18-26-64)81-61(5)55-79(75-11-7-9-13-77(75)81)80-56-62(6)82(78-14-10-8-12-76(78)80)84(73-51-43-69(44-52-73)37-33-65-27-19-59(3)20-28-65)74-53-45-70(46-54-74)38-34-66-29-21-60(4)22-30-66/h31-38,57-82H,7-30,39-56H2,1-6H3/b35-31+,36-32+,37-33+,38-34+. The molecule has 0 bridgehead atoms. The molecular weight excluding hydrogens is 1010 g/mol. The average molecular weight is 1150 g/mol. The van der Waals surface area contributed by atoms with Gasteiger partial charge in [0, 0.05) is 36.3 Å². The summed E-state index contributed by atoms with van der Waals surface area (Å²) in [4.78, 5) is 6.94. The fraction of sp³-hybridized carbons (Fsp3) is 0.902. The van der Waals surface area contributed by atoms with Crippen LogP contribution in [0.3, 0.4) is 0 Å². The van der Waals surface area contributed by atoms with Crippen LogP contribution >= 0.6 is 0 Å². The molecule has 0 heterocycles. The lowest BCUT2D eigenvalue weighted by atomic mass is 9.50. The van der Waals surface area contributed by atoms with Crippen molar-refractivity contribution in [3.8, 4) is 0 Å². The molecule has 0 saturated heterocycles. The first-order valence-corrected chi connectivity index (χ1v) is 39.3. The number of fused-ring (bicyclic) bond motifs is 2. The number of rotatable bonds is 15. The molecule has 12 aliphatic carbocycles. The fourth-order valence-electron chi connectivity index (χ4n) is 23.7. The van der Waals surface area contributed by atoms with Gasteiger partial charge in [-0.05, 0) is 311 Å². The van der Waals surface area contributed by atoms with E-state index in [1.807, 2.05) is 0 Å². The Labute approximate surface area is 521 Å². The van der Waals surface area contributed by atoms with Gasteiger partial charge in [0.1, 0.15) is 0 Å². The van der Waals surface area contributed by atoms with Gasteiger partial charge in [-0.1, -0.05) is 167 Å². The number of hydrogen-bond acceptors (Lipinski definition) is 2. The van der Waals surface area contributed by atoms with E-state index in [1.54, 1.807) is 38.5 Å². The summed E-state index contributed by atoms with van der Waals surface area (Å²) in [6.07, 6.45) is 84.0. The van der Waals surface area contributed by atoms with Gasteiger partial charge in [-0.2, -0.15) is 0 Å². The maximum Gasteiger partial charge on any atom is 0.0158 e. The summed E-state index contributed by atoms with van der Waals surface area (Å²) in [7, 11) is 0. The third-order valence-corrected chi connectivity index (χ3v) is 28.9. The Morgan fingerprint density at radius 3 is 0.607 bits per heavy atom. The Hall–Kier alpha value is -1.12. The first-order valence-electron chi connectivity index (χ1n) is 39.3. The van der Waals surface area contributed by atoms with E-state index < -0.39 is 0 Å². The summed E-state index contributed by atoms with van der Waals surface area (Å²) in [5.74, 6) is 18.0. The molecule has 0 N–H and O–H groups in total. The van der Waals surface area contributed by atoms with Crippen LogP contribution < -0.4 is 0 Å². The molecule has 12 aliphatic rings. The normalized spacial score (nSPS) is 47.8. The third kappa shape index (κ3) is 15.8. The molecule has 2 heteroatoms. The van der Waals surface area contributed by atoms with E-state index in [0.717, 1.165) is 155 Å².